The third-order valence-electron chi connectivity index (χ3n) is 3.44. The lowest BCUT2D eigenvalue weighted by Gasteiger charge is -2.19. The van der Waals surface area contributed by atoms with E-state index in [9.17, 15) is 13.2 Å². The number of halogens is 4. The van der Waals surface area contributed by atoms with Crippen molar-refractivity contribution < 1.29 is 17.9 Å². The van der Waals surface area contributed by atoms with Crippen LogP contribution >= 0.6 is 15.9 Å². The summed E-state index contributed by atoms with van der Waals surface area (Å²) in [5.74, 6) is 0.106. The maximum atomic E-state index is 12.9. The molecule has 3 nitrogen and oxygen atoms in total. The average molecular weight is 353 g/mol. The molecule has 1 aliphatic heterocycles. The molecule has 7 heteroatoms. The molecule has 1 aromatic heterocycles. The number of nitrogens with zero attached hydrogens (tertiary/aromatic N) is 1. The quantitative estimate of drug-likeness (QED) is 0.885. The Morgan fingerprint density at radius 2 is 2.25 bits per heavy atom. The van der Waals surface area contributed by atoms with Crippen LogP contribution in [0.3, 0.4) is 0 Å². The molecule has 2 unspecified atom stereocenters. The van der Waals surface area contributed by atoms with Gasteiger partial charge >= 0.3 is 6.18 Å². The van der Waals surface area contributed by atoms with E-state index in [-0.39, 0.29) is 17.8 Å². The molecular weight excluding hydrogens is 337 g/mol. The molecule has 2 rings (SSSR count). The first kappa shape index (κ1) is 15.6. The van der Waals surface area contributed by atoms with Crippen molar-refractivity contribution in [3.8, 4) is 0 Å². The molecule has 0 amide bonds. The molecule has 0 aromatic carbocycles. The summed E-state index contributed by atoms with van der Waals surface area (Å²) in [7, 11) is 0. The van der Waals surface area contributed by atoms with Gasteiger partial charge in [-0.3, -0.25) is 0 Å². The van der Waals surface area contributed by atoms with Gasteiger partial charge in [-0.1, -0.05) is 6.92 Å². The van der Waals surface area contributed by atoms with Crippen molar-refractivity contribution in [1.82, 2.24) is 4.98 Å². The molecule has 1 fully saturated rings. The van der Waals surface area contributed by atoms with Crippen molar-refractivity contribution in [1.29, 1.82) is 0 Å². The van der Waals surface area contributed by atoms with E-state index in [2.05, 4.69) is 26.2 Å². The fourth-order valence-electron chi connectivity index (χ4n) is 2.40. The van der Waals surface area contributed by atoms with Crippen LogP contribution in [0, 0.1) is 5.92 Å². The second-order valence-corrected chi connectivity index (χ2v) is 5.71. The highest BCUT2D eigenvalue weighted by molar-refractivity contribution is 9.10. The smallest absolute Gasteiger partial charge is 0.378 e. The van der Waals surface area contributed by atoms with Crippen LogP contribution in [-0.2, 0) is 10.9 Å². The molecule has 2 heterocycles. The minimum Gasteiger partial charge on any atom is -0.378 e. The van der Waals surface area contributed by atoms with Crippen LogP contribution < -0.4 is 5.32 Å². The van der Waals surface area contributed by atoms with Gasteiger partial charge in [-0.15, -0.1) is 0 Å². The molecule has 0 spiro atoms. The lowest BCUT2D eigenvalue weighted by atomic mass is 9.99. The number of pyridine rings is 1. The number of ether oxygens (including phenoxy) is 1. The third-order valence-corrected chi connectivity index (χ3v) is 3.87. The van der Waals surface area contributed by atoms with Crippen molar-refractivity contribution >= 4 is 21.7 Å². The normalized spacial score (nSPS) is 23.1. The zero-order valence-corrected chi connectivity index (χ0v) is 12.6. The molecule has 1 saturated heterocycles. The van der Waals surface area contributed by atoms with Crippen LogP contribution in [0.5, 0.6) is 0 Å². The Morgan fingerprint density at radius 1 is 1.50 bits per heavy atom. The van der Waals surface area contributed by atoms with Gasteiger partial charge in [0.1, 0.15) is 5.82 Å². The van der Waals surface area contributed by atoms with Crippen molar-refractivity contribution in [3.05, 3.63) is 22.3 Å². The summed E-state index contributed by atoms with van der Waals surface area (Å²) in [6.07, 6.45) is -1.21. The monoisotopic (exact) mass is 352 g/mol. The zero-order valence-electron chi connectivity index (χ0n) is 11.0. The second-order valence-electron chi connectivity index (χ2n) is 4.79. The summed E-state index contributed by atoms with van der Waals surface area (Å²) < 4.78 is 44.7. The maximum absolute atomic E-state index is 12.9. The lowest BCUT2D eigenvalue weighted by Crippen LogP contribution is -2.24. The van der Waals surface area contributed by atoms with Gasteiger partial charge in [-0.2, -0.15) is 13.2 Å². The topological polar surface area (TPSA) is 34.1 Å². The predicted molar refractivity (Wildman–Crippen MR) is 73.6 cm³/mol. The Balaban J connectivity index is 2.09. The summed E-state index contributed by atoms with van der Waals surface area (Å²) >= 11 is 3.02. The predicted octanol–water partition coefficient (Wildman–Crippen LogP) is 4.09. The van der Waals surface area contributed by atoms with Crippen LogP contribution in [0.1, 0.15) is 25.3 Å². The third kappa shape index (κ3) is 3.63. The summed E-state index contributed by atoms with van der Waals surface area (Å²) in [6, 6.07) is 1.04. The van der Waals surface area contributed by atoms with Crippen molar-refractivity contribution in [2.75, 3.05) is 18.5 Å². The van der Waals surface area contributed by atoms with Crippen LogP contribution in [0.4, 0.5) is 19.0 Å². The van der Waals surface area contributed by atoms with Gasteiger partial charge in [0.2, 0.25) is 0 Å². The Kier molecular flexibility index (Phi) is 4.90. The molecule has 0 aliphatic carbocycles. The summed E-state index contributed by atoms with van der Waals surface area (Å²) in [6.45, 7) is 3.13. The highest BCUT2D eigenvalue weighted by Gasteiger charge is 2.35. The summed E-state index contributed by atoms with van der Waals surface area (Å²) in [4.78, 5) is 3.84. The number of alkyl halides is 3. The van der Waals surface area contributed by atoms with Crippen LogP contribution in [0.2, 0.25) is 0 Å². The van der Waals surface area contributed by atoms with E-state index in [4.69, 9.17) is 4.74 Å². The molecule has 0 bridgehead atoms. The fourth-order valence-corrected chi connectivity index (χ4v) is 2.73. The second kappa shape index (κ2) is 6.30. The van der Waals surface area contributed by atoms with Crippen LogP contribution in [0.15, 0.2) is 16.7 Å². The summed E-state index contributed by atoms with van der Waals surface area (Å²) in [5, 5.41) is 2.82. The molecule has 2 atom stereocenters. The number of hydrogen-bond donors (Lipinski definition) is 1. The van der Waals surface area contributed by atoms with Gasteiger partial charge in [0.25, 0.3) is 0 Å². The van der Waals surface area contributed by atoms with E-state index < -0.39 is 11.7 Å². The van der Waals surface area contributed by atoms with Crippen molar-refractivity contribution in [2.24, 2.45) is 5.92 Å². The van der Waals surface area contributed by atoms with Gasteiger partial charge < -0.3 is 10.1 Å². The molecule has 1 aromatic rings. The number of rotatable bonds is 4. The minimum atomic E-state index is -4.42. The van der Waals surface area contributed by atoms with Crippen molar-refractivity contribution in [2.45, 2.75) is 32.0 Å². The Bertz CT molecular complexity index is 467. The van der Waals surface area contributed by atoms with E-state index >= 15 is 0 Å². The number of nitrogens with one attached hydrogen (secondary N) is 1. The minimum absolute atomic E-state index is 0.118. The fraction of sp³-hybridized carbons (Fsp3) is 0.615. The van der Waals surface area contributed by atoms with E-state index in [0.717, 1.165) is 18.9 Å². The summed E-state index contributed by atoms with van der Waals surface area (Å²) in [5.41, 5.74) is -0.751. The number of aromatic nitrogens is 1. The van der Waals surface area contributed by atoms with E-state index in [0.29, 0.717) is 17.6 Å². The lowest BCUT2D eigenvalue weighted by molar-refractivity contribution is -0.137. The molecular formula is C13H16BrF3N2O. The molecule has 0 saturated carbocycles. The van der Waals surface area contributed by atoms with E-state index in [1.54, 1.807) is 0 Å². The Hall–Kier alpha value is -0.820. The molecule has 0 radical (unpaired) electrons. The van der Waals surface area contributed by atoms with Gasteiger partial charge in [0, 0.05) is 29.7 Å². The molecule has 1 N–H and O–H groups in total. The number of anilines is 1. The van der Waals surface area contributed by atoms with Gasteiger partial charge in [0.05, 0.1) is 11.7 Å². The van der Waals surface area contributed by atoms with Gasteiger partial charge in [0.15, 0.2) is 0 Å². The SMILES string of the molecule is CCC1OCCC1CNc1ncc(Br)cc1C(F)(F)F. The average Bonchev–Trinajstić information content (AvgIpc) is 2.83. The molecule has 20 heavy (non-hydrogen) atoms. The largest absolute Gasteiger partial charge is 0.419 e. The van der Waals surface area contributed by atoms with Crippen LogP contribution in [-0.4, -0.2) is 24.2 Å². The van der Waals surface area contributed by atoms with Gasteiger partial charge in [-0.05, 0) is 34.8 Å². The first-order valence-electron chi connectivity index (χ1n) is 6.50. The number of hydrogen-bond acceptors (Lipinski definition) is 3. The molecule has 1 aliphatic rings. The van der Waals surface area contributed by atoms with Crippen LogP contribution in [0.25, 0.3) is 0 Å². The van der Waals surface area contributed by atoms with E-state index in [1.165, 1.54) is 6.20 Å². The first-order chi connectivity index (χ1) is 9.41. The maximum Gasteiger partial charge on any atom is 0.419 e. The highest BCUT2D eigenvalue weighted by Crippen LogP contribution is 2.35. The standard InChI is InChI=1S/C13H16BrF3N2O/c1-2-11-8(3-4-20-11)6-18-12-10(13(15,16)17)5-9(14)7-19-12/h5,7-8,11H,2-4,6H2,1H3,(H,18,19). The van der Waals surface area contributed by atoms with Crippen molar-refractivity contribution in [3.63, 3.8) is 0 Å². The van der Waals surface area contributed by atoms with E-state index in [1.807, 2.05) is 6.92 Å². The highest BCUT2D eigenvalue weighted by atomic mass is 79.9. The Labute approximate surface area is 124 Å². The first-order valence-corrected chi connectivity index (χ1v) is 7.29. The Morgan fingerprint density at radius 3 is 2.90 bits per heavy atom. The zero-order chi connectivity index (χ0) is 14.8. The molecule has 112 valence electrons. The van der Waals surface area contributed by atoms with Gasteiger partial charge in [-0.25, -0.2) is 4.98 Å².